The van der Waals surface area contributed by atoms with Gasteiger partial charge in [-0.25, -0.2) is 0 Å². The second-order valence-corrected chi connectivity index (χ2v) is 4.31. The first kappa shape index (κ1) is 13.4. The minimum atomic E-state index is 0.401. The van der Waals surface area contributed by atoms with E-state index >= 15 is 0 Å². The van der Waals surface area contributed by atoms with Gasteiger partial charge < -0.3 is 15.2 Å². The van der Waals surface area contributed by atoms with Crippen molar-refractivity contribution < 1.29 is 9.47 Å². The summed E-state index contributed by atoms with van der Waals surface area (Å²) in [4.78, 5) is 4.40. The first-order valence-corrected chi connectivity index (χ1v) is 6.13. The molecule has 0 fully saturated rings. The Morgan fingerprint density at radius 2 is 1.89 bits per heavy atom. The number of nitrogens with two attached hydrogens (primary N) is 1. The lowest BCUT2D eigenvalue weighted by molar-refractivity contribution is 0.408. The molecule has 0 aliphatic heterocycles. The molecule has 0 radical (unpaired) electrons. The summed E-state index contributed by atoms with van der Waals surface area (Å²) in [5.74, 6) is 2.23. The van der Waals surface area contributed by atoms with Crippen molar-refractivity contribution in [3.8, 4) is 17.2 Å². The minimum Gasteiger partial charge on any atom is -0.497 e. The maximum absolute atomic E-state index is 5.90. The van der Waals surface area contributed by atoms with Gasteiger partial charge in [0.05, 0.1) is 7.11 Å². The van der Waals surface area contributed by atoms with Crippen LogP contribution in [-0.4, -0.2) is 12.1 Å². The molecule has 0 unspecified atom stereocenters. The van der Waals surface area contributed by atoms with Crippen molar-refractivity contribution >= 4 is 0 Å². The Labute approximate surface area is 113 Å². The molecule has 100 valence electrons. The number of aromatic nitrogens is 1. The molecule has 1 aromatic heterocycles. The molecule has 0 aliphatic rings. The van der Waals surface area contributed by atoms with Crippen LogP contribution in [0.2, 0.25) is 0 Å². The van der Waals surface area contributed by atoms with Gasteiger partial charge in [0.2, 0.25) is 0 Å². The Morgan fingerprint density at radius 3 is 2.58 bits per heavy atom. The molecule has 2 N–H and O–H groups in total. The lowest BCUT2D eigenvalue weighted by atomic mass is 10.1. The lowest BCUT2D eigenvalue weighted by Gasteiger charge is -2.13. The molecule has 0 aliphatic carbocycles. The highest BCUT2D eigenvalue weighted by atomic mass is 16.5. The van der Waals surface area contributed by atoms with Gasteiger partial charge in [-0.1, -0.05) is 6.07 Å². The van der Waals surface area contributed by atoms with Crippen LogP contribution in [-0.2, 0) is 6.54 Å². The van der Waals surface area contributed by atoms with E-state index in [2.05, 4.69) is 4.98 Å². The Bertz CT molecular complexity index is 582. The summed E-state index contributed by atoms with van der Waals surface area (Å²) in [7, 11) is 1.63. The van der Waals surface area contributed by atoms with Gasteiger partial charge in [0.1, 0.15) is 17.2 Å². The maximum Gasteiger partial charge on any atom is 0.135 e. The second-order valence-electron chi connectivity index (χ2n) is 4.31. The van der Waals surface area contributed by atoms with Crippen molar-refractivity contribution in [1.29, 1.82) is 0 Å². The number of aryl methyl sites for hydroxylation is 2. The van der Waals surface area contributed by atoms with Crippen molar-refractivity contribution in [1.82, 2.24) is 4.98 Å². The molecule has 19 heavy (non-hydrogen) atoms. The van der Waals surface area contributed by atoms with Crippen LogP contribution in [0.15, 0.2) is 30.3 Å². The average Bonchev–Trinajstić information content (AvgIpc) is 2.38. The van der Waals surface area contributed by atoms with Gasteiger partial charge in [0.15, 0.2) is 0 Å². The molecule has 0 saturated carbocycles. The van der Waals surface area contributed by atoms with Crippen LogP contribution in [0.1, 0.15) is 17.0 Å². The third kappa shape index (κ3) is 3.03. The number of nitrogens with zero attached hydrogens (tertiary/aromatic N) is 1. The van der Waals surface area contributed by atoms with E-state index in [1.54, 1.807) is 7.11 Å². The number of hydrogen-bond acceptors (Lipinski definition) is 4. The largest absolute Gasteiger partial charge is 0.497 e. The quantitative estimate of drug-likeness (QED) is 0.916. The number of rotatable bonds is 4. The summed E-state index contributed by atoms with van der Waals surface area (Å²) in [6.45, 7) is 4.28. The number of pyridine rings is 1. The van der Waals surface area contributed by atoms with Crippen LogP contribution in [0.25, 0.3) is 0 Å². The minimum absolute atomic E-state index is 0.401. The molecule has 0 amide bonds. The highest BCUT2D eigenvalue weighted by molar-refractivity contribution is 5.42. The summed E-state index contributed by atoms with van der Waals surface area (Å²) in [5.41, 5.74) is 8.50. The molecular formula is C15H18N2O2. The van der Waals surface area contributed by atoms with Gasteiger partial charge in [0.25, 0.3) is 0 Å². The van der Waals surface area contributed by atoms with Crippen LogP contribution in [0.4, 0.5) is 0 Å². The van der Waals surface area contributed by atoms with Crippen LogP contribution < -0.4 is 15.2 Å². The molecular weight excluding hydrogens is 240 g/mol. The molecule has 4 heteroatoms. The summed E-state index contributed by atoms with van der Waals surface area (Å²) in [6.07, 6.45) is 0. The summed E-state index contributed by atoms with van der Waals surface area (Å²) < 4.78 is 11.1. The standard InChI is InChI=1S/C15H18N2O2/c1-10-7-15(14(9-16)11(2)17-10)19-13-6-4-5-12(8-13)18-3/h4-8H,9,16H2,1-3H3. The molecule has 0 bridgehead atoms. The van der Waals surface area contributed by atoms with Gasteiger partial charge in [-0.05, 0) is 26.0 Å². The fourth-order valence-electron chi connectivity index (χ4n) is 1.95. The highest BCUT2D eigenvalue weighted by Gasteiger charge is 2.09. The number of ether oxygens (including phenoxy) is 2. The van der Waals surface area contributed by atoms with Crippen molar-refractivity contribution in [3.05, 3.63) is 47.3 Å². The van der Waals surface area contributed by atoms with E-state index in [1.807, 2.05) is 44.2 Å². The maximum atomic E-state index is 5.90. The molecule has 2 rings (SSSR count). The number of methoxy groups -OCH3 is 1. The van der Waals surface area contributed by atoms with E-state index < -0.39 is 0 Å². The van der Waals surface area contributed by atoms with Crippen LogP contribution >= 0.6 is 0 Å². The smallest absolute Gasteiger partial charge is 0.135 e. The molecule has 2 aromatic rings. The molecule has 0 spiro atoms. The topological polar surface area (TPSA) is 57.4 Å². The normalized spacial score (nSPS) is 10.3. The van der Waals surface area contributed by atoms with Crippen molar-refractivity contribution in [3.63, 3.8) is 0 Å². The fraction of sp³-hybridized carbons (Fsp3) is 0.267. The van der Waals surface area contributed by atoms with Crippen LogP contribution in [0, 0.1) is 13.8 Å². The Kier molecular flexibility index (Phi) is 4.02. The van der Waals surface area contributed by atoms with E-state index in [-0.39, 0.29) is 0 Å². The zero-order chi connectivity index (χ0) is 13.8. The highest BCUT2D eigenvalue weighted by Crippen LogP contribution is 2.29. The first-order valence-electron chi connectivity index (χ1n) is 6.13. The van der Waals surface area contributed by atoms with E-state index in [9.17, 15) is 0 Å². The SMILES string of the molecule is COc1cccc(Oc2cc(C)nc(C)c2CN)c1. The van der Waals surface area contributed by atoms with Gasteiger partial charge in [-0.3, -0.25) is 4.98 Å². The molecule has 0 saturated heterocycles. The van der Waals surface area contributed by atoms with E-state index in [4.69, 9.17) is 15.2 Å². The predicted molar refractivity (Wildman–Crippen MR) is 74.7 cm³/mol. The Morgan fingerprint density at radius 1 is 1.16 bits per heavy atom. The Balaban J connectivity index is 2.36. The van der Waals surface area contributed by atoms with Crippen LogP contribution in [0.5, 0.6) is 17.2 Å². The van der Waals surface area contributed by atoms with E-state index in [1.165, 1.54) is 0 Å². The zero-order valence-electron chi connectivity index (χ0n) is 11.4. The van der Waals surface area contributed by atoms with Gasteiger partial charge in [-0.15, -0.1) is 0 Å². The van der Waals surface area contributed by atoms with E-state index in [0.717, 1.165) is 34.2 Å². The fourth-order valence-corrected chi connectivity index (χ4v) is 1.95. The van der Waals surface area contributed by atoms with Crippen molar-refractivity contribution in [2.75, 3.05) is 7.11 Å². The molecule has 0 atom stereocenters. The molecule has 1 aromatic carbocycles. The predicted octanol–water partition coefficient (Wildman–Crippen LogP) is 2.96. The van der Waals surface area contributed by atoms with Gasteiger partial charge in [-0.2, -0.15) is 0 Å². The monoisotopic (exact) mass is 258 g/mol. The van der Waals surface area contributed by atoms with Crippen molar-refractivity contribution in [2.24, 2.45) is 5.73 Å². The zero-order valence-corrected chi connectivity index (χ0v) is 11.4. The first-order chi connectivity index (χ1) is 9.13. The summed E-state index contributed by atoms with van der Waals surface area (Å²) in [5, 5.41) is 0. The Hall–Kier alpha value is -2.07. The summed E-state index contributed by atoms with van der Waals surface area (Å²) >= 11 is 0. The molecule has 4 nitrogen and oxygen atoms in total. The lowest BCUT2D eigenvalue weighted by Crippen LogP contribution is -2.05. The van der Waals surface area contributed by atoms with Gasteiger partial charge >= 0.3 is 0 Å². The van der Waals surface area contributed by atoms with Gasteiger partial charge in [0, 0.05) is 35.6 Å². The van der Waals surface area contributed by atoms with Crippen LogP contribution in [0.3, 0.4) is 0 Å². The number of hydrogen-bond donors (Lipinski definition) is 1. The number of benzene rings is 1. The van der Waals surface area contributed by atoms with Crippen molar-refractivity contribution in [2.45, 2.75) is 20.4 Å². The summed E-state index contributed by atoms with van der Waals surface area (Å²) in [6, 6.07) is 9.38. The molecule has 1 heterocycles. The second kappa shape index (κ2) is 5.71. The third-order valence-electron chi connectivity index (χ3n) is 2.89. The average molecular weight is 258 g/mol. The third-order valence-corrected chi connectivity index (χ3v) is 2.89. The van der Waals surface area contributed by atoms with E-state index in [0.29, 0.717) is 6.54 Å².